The van der Waals surface area contributed by atoms with Crippen LogP contribution in [-0.2, 0) is 20.9 Å². The molecule has 1 unspecified atom stereocenters. The third-order valence-electron chi connectivity index (χ3n) is 6.69. The van der Waals surface area contributed by atoms with Crippen molar-refractivity contribution < 1.29 is 19.6 Å². The Morgan fingerprint density at radius 2 is 1.58 bits per heavy atom. The monoisotopic (exact) mass is 502 g/mol. The Morgan fingerprint density at radius 3 is 2.14 bits per heavy atom. The van der Waals surface area contributed by atoms with Gasteiger partial charge in [-0.25, -0.2) is 5.48 Å². The normalized spacial score (nSPS) is 17.3. The first-order valence-corrected chi connectivity index (χ1v) is 13.4. The third kappa shape index (κ3) is 11.1. The number of carbonyl (C=O) groups is 3. The van der Waals surface area contributed by atoms with Crippen molar-refractivity contribution in [3.63, 3.8) is 0 Å². The highest BCUT2D eigenvalue weighted by Gasteiger charge is 2.28. The molecule has 1 aliphatic carbocycles. The third-order valence-corrected chi connectivity index (χ3v) is 6.69. The van der Waals surface area contributed by atoms with E-state index in [1.165, 1.54) is 11.1 Å². The lowest BCUT2D eigenvalue weighted by molar-refractivity contribution is -0.137. The van der Waals surface area contributed by atoms with Gasteiger partial charge in [-0.1, -0.05) is 76.3 Å². The summed E-state index contributed by atoms with van der Waals surface area (Å²) in [4.78, 5) is 41.1. The maximum Gasteiger partial charge on any atom is 0.244 e. The smallest absolute Gasteiger partial charge is 0.244 e. The van der Waals surface area contributed by atoms with Gasteiger partial charge >= 0.3 is 0 Å². The molecule has 2 aliphatic rings. The molecule has 8 nitrogen and oxygen atoms in total. The van der Waals surface area contributed by atoms with E-state index in [9.17, 15) is 14.4 Å². The highest BCUT2D eigenvalue weighted by molar-refractivity contribution is 5.88. The topological polar surface area (TPSA) is 102 Å². The molecule has 0 radical (unpaired) electrons. The summed E-state index contributed by atoms with van der Waals surface area (Å²) < 4.78 is 0. The fraction of sp³-hybridized carbons (Fsp3) is 0.679. The molecule has 8 heteroatoms. The summed E-state index contributed by atoms with van der Waals surface area (Å²) >= 11 is 0. The van der Waals surface area contributed by atoms with Gasteiger partial charge in [-0.15, -0.1) is 0 Å². The van der Waals surface area contributed by atoms with Crippen molar-refractivity contribution in [2.75, 3.05) is 32.7 Å². The zero-order valence-corrected chi connectivity index (χ0v) is 22.6. The highest BCUT2D eigenvalue weighted by Crippen LogP contribution is 2.31. The molecule has 2 fully saturated rings. The van der Waals surface area contributed by atoms with E-state index in [4.69, 9.17) is 5.21 Å². The molecular weight excluding hydrogens is 456 g/mol. The van der Waals surface area contributed by atoms with Crippen LogP contribution in [0.3, 0.4) is 0 Å². The number of nitrogens with zero attached hydrogens (tertiary/aromatic N) is 2. The first kappa shape index (κ1) is 29.8. The predicted molar refractivity (Wildman–Crippen MR) is 141 cm³/mol. The minimum Gasteiger partial charge on any atom is -0.347 e. The van der Waals surface area contributed by atoms with Crippen molar-refractivity contribution in [1.82, 2.24) is 20.6 Å². The van der Waals surface area contributed by atoms with Crippen LogP contribution in [0.15, 0.2) is 24.3 Å². The summed E-state index contributed by atoms with van der Waals surface area (Å²) in [7, 11) is 0. The van der Waals surface area contributed by atoms with E-state index in [-0.39, 0.29) is 24.8 Å². The van der Waals surface area contributed by atoms with Gasteiger partial charge in [0.1, 0.15) is 0 Å². The first-order chi connectivity index (χ1) is 17.2. The fourth-order valence-electron chi connectivity index (χ4n) is 4.73. The number of aryl methyl sites for hydroxylation is 1. The first-order valence-electron chi connectivity index (χ1n) is 13.4. The lowest BCUT2D eigenvalue weighted by Crippen LogP contribution is -2.51. The van der Waals surface area contributed by atoms with Gasteiger partial charge in [-0.2, -0.15) is 0 Å². The Labute approximate surface area is 216 Å². The van der Waals surface area contributed by atoms with Crippen LogP contribution in [-0.4, -0.2) is 65.5 Å². The Balaban J connectivity index is 0.00000106. The largest absolute Gasteiger partial charge is 0.347 e. The van der Waals surface area contributed by atoms with Gasteiger partial charge in [0.25, 0.3) is 0 Å². The molecule has 0 aromatic heterocycles. The number of amides is 3. The van der Waals surface area contributed by atoms with E-state index in [2.05, 4.69) is 62.2 Å². The summed E-state index contributed by atoms with van der Waals surface area (Å²) in [6, 6.07) is 8.51. The van der Waals surface area contributed by atoms with Crippen molar-refractivity contribution in [1.29, 1.82) is 0 Å². The lowest BCUT2D eigenvalue weighted by Gasteiger charge is -2.35. The Morgan fingerprint density at radius 1 is 1.00 bits per heavy atom. The predicted octanol–water partition coefficient (Wildman–Crippen LogP) is 3.51. The summed E-state index contributed by atoms with van der Waals surface area (Å²) in [5.41, 5.74) is 4.13. The van der Waals surface area contributed by atoms with Gasteiger partial charge in [0.2, 0.25) is 17.7 Å². The molecule has 3 N–H and O–H groups in total. The van der Waals surface area contributed by atoms with Crippen molar-refractivity contribution in [3.05, 3.63) is 35.4 Å². The van der Waals surface area contributed by atoms with E-state index < -0.39 is 11.8 Å². The maximum atomic E-state index is 12.7. The van der Waals surface area contributed by atoms with Crippen molar-refractivity contribution in [2.45, 2.75) is 72.8 Å². The number of piperazine rings is 1. The van der Waals surface area contributed by atoms with Gasteiger partial charge in [-0.3, -0.25) is 24.5 Å². The minimum absolute atomic E-state index is 0.0568. The fourth-order valence-corrected chi connectivity index (χ4v) is 4.73. The summed E-state index contributed by atoms with van der Waals surface area (Å²) in [6.45, 7) is 12.3. The summed E-state index contributed by atoms with van der Waals surface area (Å²) in [6.07, 6.45) is 4.99. The van der Waals surface area contributed by atoms with E-state index in [0.29, 0.717) is 25.4 Å². The van der Waals surface area contributed by atoms with Crippen LogP contribution in [0.2, 0.25) is 0 Å². The second kappa shape index (κ2) is 15.6. The van der Waals surface area contributed by atoms with Gasteiger partial charge in [0.05, 0.1) is 6.54 Å². The second-order valence-electron chi connectivity index (χ2n) is 10.9. The average Bonchev–Trinajstić information content (AvgIpc) is 3.36. The molecule has 1 saturated heterocycles. The molecule has 1 saturated carbocycles. The summed E-state index contributed by atoms with van der Waals surface area (Å²) in [5, 5.41) is 11.6. The maximum absolute atomic E-state index is 12.7. The van der Waals surface area contributed by atoms with Crippen LogP contribution >= 0.6 is 0 Å². The van der Waals surface area contributed by atoms with Crippen LogP contribution in [0.25, 0.3) is 0 Å². The van der Waals surface area contributed by atoms with E-state index >= 15 is 0 Å². The second-order valence-corrected chi connectivity index (χ2v) is 10.9. The molecule has 1 aliphatic heterocycles. The molecule has 0 bridgehead atoms. The van der Waals surface area contributed by atoms with Crippen LogP contribution in [0.5, 0.6) is 0 Å². The molecule has 3 amide bonds. The van der Waals surface area contributed by atoms with Crippen LogP contribution < -0.4 is 10.8 Å². The molecule has 3 rings (SSSR count). The number of rotatable bonds is 9. The molecule has 1 atom stereocenters. The van der Waals surface area contributed by atoms with E-state index in [0.717, 1.165) is 51.2 Å². The Hall–Kier alpha value is -2.45. The van der Waals surface area contributed by atoms with Crippen LogP contribution in [0, 0.1) is 24.7 Å². The molecular formula is C28H46N4O4. The van der Waals surface area contributed by atoms with E-state index in [1.807, 2.05) is 0 Å². The Kier molecular flexibility index (Phi) is 12.9. The van der Waals surface area contributed by atoms with Crippen molar-refractivity contribution in [3.8, 4) is 0 Å². The van der Waals surface area contributed by atoms with Gasteiger partial charge in [0.15, 0.2) is 0 Å². The molecule has 36 heavy (non-hydrogen) atoms. The summed E-state index contributed by atoms with van der Waals surface area (Å²) in [5.74, 6) is -0.218. The minimum atomic E-state index is -0.570. The van der Waals surface area contributed by atoms with Gasteiger partial charge in [-0.05, 0) is 30.7 Å². The molecule has 202 valence electrons. The molecule has 0 spiro atoms. The number of benzene rings is 1. The highest BCUT2D eigenvalue weighted by atomic mass is 16.5. The average molecular weight is 503 g/mol. The number of nitrogens with one attached hydrogen (secondary N) is 2. The number of hydroxylamine groups is 1. The molecule has 1 heterocycles. The Bertz CT molecular complexity index is 811. The molecule has 1 aromatic carbocycles. The van der Waals surface area contributed by atoms with Gasteiger partial charge < -0.3 is 10.2 Å². The van der Waals surface area contributed by atoms with E-state index in [1.54, 1.807) is 10.4 Å². The SMILES string of the molecule is CC(C)C.Cc1ccc(CN2CCN(C(=O)CNC(=O)C(CC(=O)NO)CC3CCCC3)CC2)cc1. The molecule has 1 aromatic rings. The van der Waals surface area contributed by atoms with Crippen molar-refractivity contribution in [2.24, 2.45) is 17.8 Å². The van der Waals surface area contributed by atoms with Crippen molar-refractivity contribution >= 4 is 17.7 Å². The lowest BCUT2D eigenvalue weighted by atomic mass is 9.90. The van der Waals surface area contributed by atoms with Crippen LogP contribution in [0.4, 0.5) is 0 Å². The number of hydrogen-bond acceptors (Lipinski definition) is 5. The standard InChI is InChI=1S/C24H36N4O4.C4H10/c1-18-6-8-20(9-7-18)17-27-10-12-28(13-11-27)23(30)16-25-24(31)21(15-22(29)26-32)14-19-4-2-3-5-19;1-4(2)3/h6-9,19,21,32H,2-5,10-17H2,1H3,(H,25,31)(H,26,29);4H,1-3H3. The van der Waals surface area contributed by atoms with Gasteiger partial charge in [0, 0.05) is 45.1 Å². The zero-order valence-electron chi connectivity index (χ0n) is 22.6. The van der Waals surface area contributed by atoms with Crippen LogP contribution in [0.1, 0.15) is 70.4 Å². The quantitative estimate of drug-likeness (QED) is 0.354. The number of carbonyl (C=O) groups excluding carboxylic acids is 3. The number of hydrogen-bond donors (Lipinski definition) is 3. The zero-order chi connectivity index (χ0) is 26.5.